The van der Waals surface area contributed by atoms with Crippen LogP contribution in [0.5, 0.6) is 0 Å². The van der Waals surface area contributed by atoms with Crippen molar-refractivity contribution in [2.75, 3.05) is 50.6 Å². The smallest absolute Gasteiger partial charge is 0.390 e. The molecule has 19 heteroatoms. The Kier molecular flexibility index (Phi) is 40.7. The summed E-state index contributed by atoms with van der Waals surface area (Å²) in [7, 11) is 5.09. The molecule has 0 fully saturated rings. The molecule has 2 N–H and O–H groups in total. The molecule has 2 atom stereocenters. The average Bonchev–Trinajstić information content (AvgIpc) is 0.795. The predicted molar refractivity (Wildman–Crippen MR) is 438 cm³/mol. The van der Waals surface area contributed by atoms with Crippen LogP contribution in [0.3, 0.4) is 0 Å². The quantitative estimate of drug-likeness (QED) is 0.0630. The van der Waals surface area contributed by atoms with Gasteiger partial charge in [0.2, 0.25) is 0 Å². The Bertz CT molecular complexity index is 4680. The number of hydrogen-bond acceptors (Lipinski definition) is 12. The fourth-order valence-corrected chi connectivity index (χ4v) is 12.8. The van der Waals surface area contributed by atoms with Gasteiger partial charge in [-0.05, 0) is 174 Å². The molecule has 0 spiro atoms. The summed E-state index contributed by atoms with van der Waals surface area (Å²) < 4.78 is 0. The maximum absolute atomic E-state index is 9.03. The Balaban J connectivity index is 0.000000284. The zero-order valence-corrected chi connectivity index (χ0v) is 77.3. The predicted octanol–water partition coefficient (Wildman–Crippen LogP) is 20.2. The minimum atomic E-state index is -0.0415. The summed E-state index contributed by atoms with van der Waals surface area (Å²) in [6.07, 6.45) is 0. The Hall–Kier alpha value is -7.62. The molecule has 4 radical (unpaired) electrons. The van der Waals surface area contributed by atoms with E-state index in [1.165, 1.54) is 27.6 Å². The number of aryl methyl sites for hydroxylation is 5. The number of nitrogens with one attached hydrogen (secondary N) is 1. The van der Waals surface area contributed by atoms with E-state index in [1.54, 1.807) is 6.07 Å². The van der Waals surface area contributed by atoms with Crippen molar-refractivity contribution in [1.29, 1.82) is 0 Å². The van der Waals surface area contributed by atoms with E-state index < -0.39 is 0 Å². The van der Waals surface area contributed by atoms with Crippen LogP contribution in [0.25, 0.3) is 0 Å². The van der Waals surface area contributed by atoms with Crippen molar-refractivity contribution in [3.8, 4) is 0 Å². The molecule has 13 aromatic rings. The van der Waals surface area contributed by atoms with Gasteiger partial charge in [0.15, 0.2) is 0 Å². The molecule has 0 bridgehead atoms. The van der Waals surface area contributed by atoms with E-state index in [-0.39, 0.29) is 113 Å². The fourth-order valence-electron chi connectivity index (χ4n) is 11.4. The molecule has 564 valence electrons. The fraction of sp³-hybridized carbons (Fsp3) is 0.180. The summed E-state index contributed by atoms with van der Waals surface area (Å²) in [6.45, 7) is 23.6. The van der Waals surface area contributed by atoms with E-state index in [9.17, 15) is 0 Å². The van der Waals surface area contributed by atoms with Gasteiger partial charge in [0.25, 0.3) is 0 Å². The van der Waals surface area contributed by atoms with Gasteiger partial charge in [0.05, 0.1) is 28.9 Å². The molecule has 108 heavy (non-hydrogen) atoms. The second-order valence-corrected chi connectivity index (χ2v) is 27.8. The van der Waals surface area contributed by atoms with Crippen LogP contribution in [-0.2, 0) is 107 Å². The third kappa shape index (κ3) is 27.4. The number of anilines is 13. The van der Waals surface area contributed by atoms with E-state index in [1.807, 2.05) is 184 Å². The number of para-hydroxylation sites is 5. The van der Waals surface area contributed by atoms with Gasteiger partial charge in [-0.1, -0.05) is 133 Å². The summed E-state index contributed by atoms with van der Waals surface area (Å²) in [5.41, 5.74) is 16.1. The van der Waals surface area contributed by atoms with Gasteiger partial charge in [-0.3, -0.25) is 0 Å². The number of aliphatic hydroxyl groups is 1. The van der Waals surface area contributed by atoms with Gasteiger partial charge in [-0.15, -0.1) is 30.3 Å². The number of benzene rings is 8. The molecule has 5 aromatic heterocycles. The number of hydrogen-bond donors (Lipinski definition) is 2. The van der Waals surface area contributed by atoms with Crippen LogP contribution < -0.4 is 46.0 Å². The van der Waals surface area contributed by atoms with Crippen LogP contribution in [0.4, 0.5) is 74.7 Å². The molecule has 0 aliphatic rings. The Morgan fingerprint density at radius 3 is 1.44 bits per heavy atom. The van der Waals surface area contributed by atoms with Crippen molar-refractivity contribution < 1.29 is 106 Å². The van der Waals surface area contributed by atoms with Gasteiger partial charge in [-0.2, -0.15) is 121 Å². The van der Waals surface area contributed by atoms with E-state index in [0.717, 1.165) is 91.3 Å². The first-order valence-electron chi connectivity index (χ1n) is 34.4. The van der Waals surface area contributed by atoms with Crippen molar-refractivity contribution in [3.05, 3.63) is 343 Å². The Morgan fingerprint density at radius 1 is 0.454 bits per heavy atom. The number of aromatic nitrogens is 5. The maximum Gasteiger partial charge on any atom is 1.00 e. The van der Waals surface area contributed by atoms with Crippen LogP contribution in [0.1, 0.15) is 68.3 Å². The molecular formula is C89H92IrN11OOs3P2Pt-2. The number of aliphatic hydroxyl groups excluding tert-OH is 1. The third-order valence-electron chi connectivity index (χ3n) is 16.0. The van der Waals surface area contributed by atoms with Gasteiger partial charge in [-0.25, -0.2) is 24.9 Å². The largest absolute Gasteiger partial charge is 1.00 e. The van der Waals surface area contributed by atoms with E-state index in [2.05, 4.69) is 249 Å². The standard InChI is InChI=1S/C21H22N3.C20H20N2P.C19H17N2.C16H20N2P.C13H13N2O.Ir.3Os.Pt/c1-15-13-16(2)21(17(3)14-15)24(18-9-6-5-7-10-18)20-12-8-11-19(22-4)23-20;1-16(2)22(17-10-5-3-6-11-17)19-14-9-15-20(21-19)23-18-12-7-4-8-13-18;1-15-11-13-18(14-12-15)21(17-8-4-3-5-9-17)19-10-6-7-16(2)20-19;1-16(2,3)18(13-9-6-5-7-10-13)14-11-8-12-15(17-14)19-4;1-15(12-7-3-2-4-8-12)13-9-5-6-11(10-16)14-13;;;;;/h5-9,11-14H,1-4H3,(H,22,23);3-10,12-16,23H,1-2H3;3-8,10-14H,1-2H3;5-9,11-12,19H,1-4H3;2-7,9,16H,10H2,1H3;;;;;/q5*-1;;3*+1;. The summed E-state index contributed by atoms with van der Waals surface area (Å²) in [6, 6.07) is 110. The first kappa shape index (κ1) is 92.8. The SMILES string of the molecule is CC(C)N(c1[c-]cccc1)c1cccc(Pc2ccccc2)n1.CN(c1[c-]cccc1)c1cccc(CO)n1.CNc1cccc(N(c2[c-]cccc2)c2c(C)cc(C)cc2C)n1.CPc1cccc(N(c2[c-]cccc2)C(C)(C)C)n1.Cc1ccc(N(c2[c-]cccc2)c2cccc(C)n2)cc1.[Ir].[Os+].[Os+].[Os+].[Pt]. The molecular weight excluding hydrogens is 2260 g/mol. The molecule has 0 amide bonds. The van der Waals surface area contributed by atoms with Crippen molar-refractivity contribution in [1.82, 2.24) is 24.9 Å². The molecule has 0 saturated carbocycles. The minimum absolute atomic E-state index is 0. The van der Waals surface area contributed by atoms with Crippen LogP contribution in [0, 0.1) is 65.0 Å². The topological polar surface area (TPSA) is 113 Å². The number of nitrogens with zero attached hydrogens (tertiary/aromatic N) is 10. The molecule has 0 aliphatic carbocycles. The van der Waals surface area contributed by atoms with E-state index in [0.29, 0.717) is 28.9 Å². The van der Waals surface area contributed by atoms with Crippen molar-refractivity contribution in [2.45, 2.75) is 87.4 Å². The van der Waals surface area contributed by atoms with E-state index in [4.69, 9.17) is 20.1 Å². The molecule has 13 rings (SSSR count). The molecule has 5 heterocycles. The van der Waals surface area contributed by atoms with Crippen molar-refractivity contribution in [2.24, 2.45) is 0 Å². The molecule has 0 aliphatic heterocycles. The molecule has 8 aromatic carbocycles. The summed E-state index contributed by atoms with van der Waals surface area (Å²) in [5, 5.41) is 13.4. The number of rotatable bonds is 18. The van der Waals surface area contributed by atoms with Gasteiger partial charge < -0.3 is 34.9 Å². The van der Waals surface area contributed by atoms with Gasteiger partial charge in [0.1, 0.15) is 34.9 Å². The zero-order chi connectivity index (χ0) is 73.1. The monoisotopic (exact) mass is 2360 g/mol. The average molecular weight is 2350 g/mol. The zero-order valence-electron chi connectivity index (χ0n) is 63.0. The second kappa shape index (κ2) is 47.4. The molecule has 0 saturated heterocycles. The van der Waals surface area contributed by atoms with Crippen molar-refractivity contribution >= 4 is 108 Å². The van der Waals surface area contributed by atoms with Crippen LogP contribution >= 0.6 is 17.2 Å². The Labute approximate surface area is 712 Å². The van der Waals surface area contributed by atoms with Crippen LogP contribution in [0.2, 0.25) is 0 Å². The van der Waals surface area contributed by atoms with Crippen molar-refractivity contribution in [3.63, 3.8) is 0 Å². The first-order valence-corrected chi connectivity index (χ1v) is 36.9. The van der Waals surface area contributed by atoms with Gasteiger partial charge in [0, 0.05) is 78.2 Å². The molecule has 12 nitrogen and oxygen atoms in total. The van der Waals surface area contributed by atoms with Crippen LogP contribution in [0.15, 0.2) is 279 Å². The summed E-state index contributed by atoms with van der Waals surface area (Å²) in [4.78, 5) is 34.0. The molecule has 2 unspecified atom stereocenters. The third-order valence-corrected chi connectivity index (χ3v) is 18.0. The van der Waals surface area contributed by atoms with Crippen LogP contribution in [-0.4, -0.2) is 62.4 Å². The minimum Gasteiger partial charge on any atom is -0.390 e. The summed E-state index contributed by atoms with van der Waals surface area (Å²) in [5.74, 6) is 5.38. The number of pyridine rings is 5. The van der Waals surface area contributed by atoms with Gasteiger partial charge >= 0.3 is 59.4 Å². The first-order chi connectivity index (χ1) is 49.9. The Morgan fingerprint density at radius 2 is 0.917 bits per heavy atom. The van der Waals surface area contributed by atoms with E-state index >= 15 is 0 Å². The maximum atomic E-state index is 9.03. The summed E-state index contributed by atoms with van der Waals surface area (Å²) >= 11 is 0. The second-order valence-electron chi connectivity index (χ2n) is 25.4. The normalized spacial score (nSPS) is 10.4.